The number of carbonyl (C=O) groups excluding carboxylic acids is 2. The standard InChI is InChI=1S/C26H27NO7/c1-2-25(28)32-19-18-31-17-16-30-15-14-27-26(29)34-24-13-12-23(21-10-6-7-11-22(21)24)33-20-8-4-3-5-9-20/h2-13H,1,14-19H2,(H,27,29). The lowest BCUT2D eigenvalue weighted by molar-refractivity contribution is -0.139. The molecule has 8 heteroatoms. The summed E-state index contributed by atoms with van der Waals surface area (Å²) in [6.45, 7) is 5.01. The van der Waals surface area contributed by atoms with Crippen LogP contribution in [0.25, 0.3) is 10.8 Å². The van der Waals surface area contributed by atoms with Gasteiger partial charge in [-0.3, -0.25) is 0 Å². The molecular weight excluding hydrogens is 438 g/mol. The normalized spacial score (nSPS) is 10.5. The Labute approximate surface area is 198 Å². The molecule has 0 unspecified atom stereocenters. The van der Waals surface area contributed by atoms with Gasteiger partial charge in [0, 0.05) is 23.4 Å². The molecule has 0 radical (unpaired) electrons. The molecule has 0 aromatic heterocycles. The Bertz CT molecular complexity index is 1080. The Balaban J connectivity index is 1.40. The van der Waals surface area contributed by atoms with Crippen molar-refractivity contribution in [1.29, 1.82) is 0 Å². The van der Waals surface area contributed by atoms with Crippen LogP contribution in [-0.4, -0.2) is 51.6 Å². The van der Waals surface area contributed by atoms with Crippen molar-refractivity contribution in [2.24, 2.45) is 0 Å². The van der Waals surface area contributed by atoms with E-state index in [1.807, 2.05) is 54.6 Å². The van der Waals surface area contributed by atoms with Gasteiger partial charge in [0.15, 0.2) is 0 Å². The number of carbonyl (C=O) groups is 2. The van der Waals surface area contributed by atoms with Crippen LogP contribution in [0.2, 0.25) is 0 Å². The fraction of sp³-hybridized carbons (Fsp3) is 0.231. The number of fused-ring (bicyclic) bond motifs is 1. The summed E-state index contributed by atoms with van der Waals surface area (Å²) in [4.78, 5) is 23.1. The average molecular weight is 466 g/mol. The van der Waals surface area contributed by atoms with Gasteiger partial charge >= 0.3 is 12.1 Å². The zero-order valence-corrected chi connectivity index (χ0v) is 18.7. The Hall–Kier alpha value is -3.88. The van der Waals surface area contributed by atoms with E-state index in [1.165, 1.54) is 0 Å². The topological polar surface area (TPSA) is 92.3 Å². The van der Waals surface area contributed by atoms with Crippen LogP contribution in [0.5, 0.6) is 17.2 Å². The quantitative estimate of drug-likeness (QED) is 0.226. The van der Waals surface area contributed by atoms with Gasteiger partial charge in [-0.05, 0) is 24.3 Å². The van der Waals surface area contributed by atoms with E-state index in [-0.39, 0.29) is 19.8 Å². The molecule has 0 saturated carbocycles. The van der Waals surface area contributed by atoms with E-state index in [1.54, 1.807) is 12.1 Å². The van der Waals surface area contributed by atoms with Crippen LogP contribution >= 0.6 is 0 Å². The van der Waals surface area contributed by atoms with E-state index in [0.29, 0.717) is 31.3 Å². The maximum absolute atomic E-state index is 12.2. The molecule has 0 saturated heterocycles. The average Bonchev–Trinajstić information content (AvgIpc) is 2.87. The molecule has 0 atom stereocenters. The highest BCUT2D eigenvalue weighted by atomic mass is 16.6. The van der Waals surface area contributed by atoms with Crippen molar-refractivity contribution in [3.8, 4) is 17.2 Å². The first-order chi connectivity index (χ1) is 16.7. The Morgan fingerprint density at radius 2 is 1.38 bits per heavy atom. The highest BCUT2D eigenvalue weighted by molar-refractivity contribution is 5.94. The first-order valence-electron chi connectivity index (χ1n) is 10.8. The smallest absolute Gasteiger partial charge is 0.412 e. The van der Waals surface area contributed by atoms with Crippen molar-refractivity contribution >= 4 is 22.8 Å². The second kappa shape index (κ2) is 13.6. The highest BCUT2D eigenvalue weighted by Crippen LogP contribution is 2.35. The van der Waals surface area contributed by atoms with Crippen molar-refractivity contribution < 1.29 is 33.3 Å². The fourth-order valence-corrected chi connectivity index (χ4v) is 2.98. The van der Waals surface area contributed by atoms with E-state index in [2.05, 4.69) is 11.9 Å². The number of hydrogen-bond acceptors (Lipinski definition) is 7. The molecule has 1 amide bonds. The van der Waals surface area contributed by atoms with Crippen molar-refractivity contribution in [3.63, 3.8) is 0 Å². The lowest BCUT2D eigenvalue weighted by atomic mass is 10.1. The van der Waals surface area contributed by atoms with Gasteiger partial charge in [-0.1, -0.05) is 49.0 Å². The minimum atomic E-state index is -0.578. The predicted octanol–water partition coefficient (Wildman–Crippen LogP) is 4.48. The third-order valence-corrected chi connectivity index (χ3v) is 4.54. The van der Waals surface area contributed by atoms with Gasteiger partial charge in [0.05, 0.1) is 26.4 Å². The molecule has 3 aromatic rings. The second-order valence-electron chi connectivity index (χ2n) is 6.94. The number of para-hydroxylation sites is 1. The summed E-state index contributed by atoms with van der Waals surface area (Å²) in [6.07, 6.45) is 0.518. The Kier molecular flexibility index (Phi) is 9.92. The number of benzene rings is 3. The SMILES string of the molecule is C=CC(=O)OCCOCCOCCNC(=O)Oc1ccc(Oc2ccccc2)c2ccccc12. The first-order valence-corrected chi connectivity index (χ1v) is 10.8. The zero-order valence-electron chi connectivity index (χ0n) is 18.7. The molecule has 0 aliphatic heterocycles. The van der Waals surface area contributed by atoms with Gasteiger partial charge in [-0.2, -0.15) is 0 Å². The molecule has 0 aliphatic rings. The van der Waals surface area contributed by atoms with Crippen LogP contribution < -0.4 is 14.8 Å². The van der Waals surface area contributed by atoms with Gasteiger partial charge in [-0.15, -0.1) is 0 Å². The molecule has 178 valence electrons. The molecule has 0 fully saturated rings. The van der Waals surface area contributed by atoms with E-state index in [0.717, 1.165) is 22.6 Å². The van der Waals surface area contributed by atoms with Crippen LogP contribution in [0.15, 0.2) is 79.4 Å². The number of nitrogens with one attached hydrogen (secondary N) is 1. The maximum atomic E-state index is 12.2. The van der Waals surface area contributed by atoms with Gasteiger partial charge in [-0.25, -0.2) is 9.59 Å². The van der Waals surface area contributed by atoms with E-state index >= 15 is 0 Å². The summed E-state index contributed by atoms with van der Waals surface area (Å²) in [5, 5.41) is 4.25. The molecule has 3 rings (SSSR count). The van der Waals surface area contributed by atoms with Crippen LogP contribution in [0.1, 0.15) is 0 Å². The summed E-state index contributed by atoms with van der Waals surface area (Å²) in [5.74, 6) is 1.34. The molecular formula is C26H27NO7. The number of ether oxygens (including phenoxy) is 5. The lowest BCUT2D eigenvalue weighted by Crippen LogP contribution is -2.30. The van der Waals surface area contributed by atoms with Crippen LogP contribution in [0, 0.1) is 0 Å². The number of esters is 1. The predicted molar refractivity (Wildman–Crippen MR) is 127 cm³/mol. The minimum Gasteiger partial charge on any atom is -0.460 e. The largest absolute Gasteiger partial charge is 0.460 e. The number of hydrogen-bond donors (Lipinski definition) is 1. The molecule has 1 N–H and O–H groups in total. The number of rotatable bonds is 13. The molecule has 34 heavy (non-hydrogen) atoms. The van der Waals surface area contributed by atoms with Crippen LogP contribution in [-0.2, 0) is 19.0 Å². The summed E-state index contributed by atoms with van der Waals surface area (Å²) in [6, 6.07) is 20.5. The molecule has 8 nitrogen and oxygen atoms in total. The third-order valence-electron chi connectivity index (χ3n) is 4.54. The van der Waals surface area contributed by atoms with Gasteiger partial charge in [0.1, 0.15) is 23.9 Å². The molecule has 0 heterocycles. The first kappa shape index (κ1) is 24.8. The van der Waals surface area contributed by atoms with Gasteiger partial charge < -0.3 is 29.0 Å². The van der Waals surface area contributed by atoms with E-state index in [4.69, 9.17) is 23.7 Å². The van der Waals surface area contributed by atoms with E-state index in [9.17, 15) is 9.59 Å². The molecule has 3 aromatic carbocycles. The Morgan fingerprint density at radius 3 is 2.12 bits per heavy atom. The number of amides is 1. The fourth-order valence-electron chi connectivity index (χ4n) is 2.98. The molecule has 0 bridgehead atoms. The van der Waals surface area contributed by atoms with Gasteiger partial charge in [0.2, 0.25) is 0 Å². The monoisotopic (exact) mass is 465 g/mol. The summed E-state index contributed by atoms with van der Waals surface area (Å²) < 4.78 is 26.9. The van der Waals surface area contributed by atoms with E-state index < -0.39 is 12.1 Å². The second-order valence-corrected chi connectivity index (χ2v) is 6.94. The summed E-state index contributed by atoms with van der Waals surface area (Å²) in [7, 11) is 0. The van der Waals surface area contributed by atoms with Crippen LogP contribution in [0.3, 0.4) is 0 Å². The third kappa shape index (κ3) is 7.91. The van der Waals surface area contributed by atoms with Crippen molar-refractivity contribution in [1.82, 2.24) is 5.32 Å². The van der Waals surface area contributed by atoms with Crippen LogP contribution in [0.4, 0.5) is 4.79 Å². The van der Waals surface area contributed by atoms with Crippen molar-refractivity contribution in [3.05, 3.63) is 79.4 Å². The zero-order chi connectivity index (χ0) is 24.0. The maximum Gasteiger partial charge on any atom is 0.412 e. The van der Waals surface area contributed by atoms with Crippen molar-refractivity contribution in [2.45, 2.75) is 0 Å². The molecule has 0 spiro atoms. The highest BCUT2D eigenvalue weighted by Gasteiger charge is 2.12. The molecule has 0 aliphatic carbocycles. The summed E-state index contributed by atoms with van der Waals surface area (Å²) >= 11 is 0. The van der Waals surface area contributed by atoms with Gasteiger partial charge in [0.25, 0.3) is 0 Å². The lowest BCUT2D eigenvalue weighted by Gasteiger charge is -2.13. The summed E-state index contributed by atoms with van der Waals surface area (Å²) in [5.41, 5.74) is 0. The minimum absolute atomic E-state index is 0.159. The Morgan fingerprint density at radius 1 is 0.765 bits per heavy atom. The van der Waals surface area contributed by atoms with Crippen molar-refractivity contribution in [2.75, 3.05) is 39.6 Å².